The summed E-state index contributed by atoms with van der Waals surface area (Å²) in [7, 11) is -0.0591. The number of carbonyl (C=O) groups is 6. The number of fused-ring (bicyclic) bond motifs is 1. The van der Waals surface area contributed by atoms with Gasteiger partial charge in [0.1, 0.15) is 11.8 Å². The molecule has 3 aliphatic heterocycles. The molecule has 0 bridgehead atoms. The lowest BCUT2D eigenvalue weighted by atomic mass is 9.97. The molecule has 57 heavy (non-hydrogen) atoms. The number of nitrogens with zero attached hydrogens (tertiary/aromatic N) is 3. The van der Waals surface area contributed by atoms with E-state index in [9.17, 15) is 37.2 Å². The fourth-order valence-corrected chi connectivity index (χ4v) is 8.60. The average Bonchev–Trinajstić information content (AvgIpc) is 3.59. The molecule has 2 unspecified atom stereocenters. The molecule has 4 aromatic rings. The maximum absolute atomic E-state index is 13.6. The van der Waals surface area contributed by atoms with Gasteiger partial charge in [-0.05, 0) is 79.8 Å². The van der Waals surface area contributed by atoms with Gasteiger partial charge in [0.25, 0.3) is 17.7 Å². The Balaban J connectivity index is 1.04. The SMILES string of the molecule is CCCC(CCNC(=O)CCc1cc2c3c(ccc(N(c4ccccc4OC)[SH](=O)=O)c3c1)N(C)C2=O)Nc1cccc2c1C(=O)N(C1CCC(=O)NC1=O)C2=O. The molecule has 4 aromatic carbocycles. The van der Waals surface area contributed by atoms with Crippen LogP contribution in [0.3, 0.4) is 0 Å². The molecular formula is C41H42N6O9S. The number of thiol groups is 1. The van der Waals surface area contributed by atoms with Gasteiger partial charge in [0.2, 0.25) is 28.6 Å². The summed E-state index contributed by atoms with van der Waals surface area (Å²) >= 11 is 0. The van der Waals surface area contributed by atoms with E-state index in [1.54, 1.807) is 67.7 Å². The van der Waals surface area contributed by atoms with Gasteiger partial charge in [0.05, 0.1) is 40.9 Å². The topological polar surface area (TPSA) is 192 Å². The van der Waals surface area contributed by atoms with Crippen molar-refractivity contribution in [3.8, 4) is 5.75 Å². The minimum absolute atomic E-state index is 0.0249. The molecule has 3 N–H and O–H groups in total. The van der Waals surface area contributed by atoms with Gasteiger partial charge in [-0.2, -0.15) is 0 Å². The molecule has 296 valence electrons. The first kappa shape index (κ1) is 39.0. The van der Waals surface area contributed by atoms with Crippen LogP contribution in [0, 0.1) is 0 Å². The highest BCUT2D eigenvalue weighted by Gasteiger charge is 2.45. The van der Waals surface area contributed by atoms with Gasteiger partial charge in [-0.3, -0.25) is 39.0 Å². The lowest BCUT2D eigenvalue weighted by Gasteiger charge is -2.28. The first-order valence-corrected chi connectivity index (χ1v) is 19.9. The van der Waals surface area contributed by atoms with E-state index in [2.05, 4.69) is 16.0 Å². The largest absolute Gasteiger partial charge is 0.495 e. The molecular weight excluding hydrogens is 753 g/mol. The highest BCUT2D eigenvalue weighted by atomic mass is 32.2. The van der Waals surface area contributed by atoms with Gasteiger partial charge < -0.3 is 20.3 Å². The first-order chi connectivity index (χ1) is 27.4. The summed E-state index contributed by atoms with van der Waals surface area (Å²) in [6.45, 7) is 2.32. The van der Waals surface area contributed by atoms with Crippen molar-refractivity contribution in [3.63, 3.8) is 0 Å². The molecule has 16 heteroatoms. The van der Waals surface area contributed by atoms with Crippen molar-refractivity contribution in [2.75, 3.05) is 35.2 Å². The molecule has 0 saturated carbocycles. The molecule has 15 nitrogen and oxygen atoms in total. The van der Waals surface area contributed by atoms with Crippen LogP contribution in [-0.4, -0.2) is 81.5 Å². The molecule has 1 fully saturated rings. The van der Waals surface area contributed by atoms with Gasteiger partial charge >= 0.3 is 0 Å². The van der Waals surface area contributed by atoms with E-state index >= 15 is 0 Å². The van der Waals surface area contributed by atoms with Crippen molar-refractivity contribution in [1.29, 1.82) is 0 Å². The Morgan fingerprint density at radius 2 is 1.74 bits per heavy atom. The number of imide groups is 2. The second-order valence-corrected chi connectivity index (χ2v) is 15.1. The van der Waals surface area contributed by atoms with E-state index in [0.717, 1.165) is 11.3 Å². The summed E-state index contributed by atoms with van der Waals surface area (Å²) in [6, 6.07) is 17.4. The Labute approximate surface area is 330 Å². The lowest BCUT2D eigenvalue weighted by molar-refractivity contribution is -0.136. The number of para-hydroxylation sites is 2. The summed E-state index contributed by atoms with van der Waals surface area (Å²) in [4.78, 5) is 80.2. The third kappa shape index (κ3) is 7.28. The zero-order valence-electron chi connectivity index (χ0n) is 31.6. The van der Waals surface area contributed by atoms with Crippen molar-refractivity contribution in [3.05, 3.63) is 89.0 Å². The van der Waals surface area contributed by atoms with Crippen LogP contribution in [0.25, 0.3) is 10.8 Å². The Morgan fingerprint density at radius 3 is 2.47 bits per heavy atom. The predicted molar refractivity (Wildman–Crippen MR) is 214 cm³/mol. The van der Waals surface area contributed by atoms with Crippen molar-refractivity contribution >= 4 is 79.9 Å². The molecule has 0 spiro atoms. The summed E-state index contributed by atoms with van der Waals surface area (Å²) in [6.07, 6.45) is 2.46. The number of carbonyl (C=O) groups excluding carboxylic acids is 6. The van der Waals surface area contributed by atoms with Crippen molar-refractivity contribution in [2.24, 2.45) is 0 Å². The fourth-order valence-electron chi connectivity index (χ4n) is 7.91. The smallest absolute Gasteiger partial charge is 0.264 e. The van der Waals surface area contributed by atoms with E-state index in [1.165, 1.54) is 16.3 Å². The van der Waals surface area contributed by atoms with E-state index in [4.69, 9.17) is 4.74 Å². The standard InChI is InChI=1S/C41H42N6O9S/c1-4-8-24(43-28-10-7-9-25-37(28)41(53)46(40(25)52)32-16-18-35(49)44-38(32)50)19-20-42-34(48)17-13-23-21-26-29(14-15-31-36(26)27(22-23)39(51)45(31)2)47(57(54)55)30-11-5-6-12-33(30)56-3/h5-7,9-12,14-15,21-22,24,32,43,57H,4,8,13,16-20H2,1-3H3,(H,42,48)(H,44,49,50). The van der Waals surface area contributed by atoms with Gasteiger partial charge in [-0.1, -0.05) is 31.5 Å². The van der Waals surface area contributed by atoms with Crippen LogP contribution in [0.1, 0.15) is 82.1 Å². The highest BCUT2D eigenvalue weighted by Crippen LogP contribution is 2.45. The molecule has 0 aliphatic carbocycles. The number of hydrogen-bond acceptors (Lipinski definition) is 10. The maximum Gasteiger partial charge on any atom is 0.264 e. The molecule has 6 amide bonds. The second-order valence-electron chi connectivity index (χ2n) is 14.2. The average molecular weight is 795 g/mol. The minimum Gasteiger partial charge on any atom is -0.495 e. The molecule has 2 atom stereocenters. The summed E-state index contributed by atoms with van der Waals surface area (Å²) in [5.41, 5.74) is 3.21. The molecule has 3 heterocycles. The van der Waals surface area contributed by atoms with Crippen molar-refractivity contribution < 1.29 is 41.9 Å². The second kappa shape index (κ2) is 16.1. The summed E-state index contributed by atoms with van der Waals surface area (Å²) in [5.74, 6) is -2.42. The van der Waals surface area contributed by atoms with Gasteiger partial charge in [-0.15, -0.1) is 0 Å². The molecule has 3 aliphatic rings. The Morgan fingerprint density at radius 1 is 0.947 bits per heavy atom. The minimum atomic E-state index is -3.18. The molecule has 1 saturated heterocycles. The summed E-state index contributed by atoms with van der Waals surface area (Å²) in [5, 5.41) is 9.74. The van der Waals surface area contributed by atoms with Gasteiger partial charge in [-0.25, -0.2) is 12.7 Å². The Hall–Kier alpha value is -6.29. The third-order valence-corrected chi connectivity index (χ3v) is 11.4. The monoisotopic (exact) mass is 794 g/mol. The number of nitrogens with one attached hydrogen (secondary N) is 3. The van der Waals surface area contributed by atoms with E-state index in [1.807, 2.05) is 13.0 Å². The number of amides is 6. The number of anilines is 4. The number of aryl methyl sites for hydroxylation is 1. The fraction of sp³-hybridized carbons (Fsp3) is 0.317. The third-order valence-electron chi connectivity index (χ3n) is 10.7. The van der Waals surface area contributed by atoms with Crippen molar-refractivity contribution in [1.82, 2.24) is 15.5 Å². The van der Waals surface area contributed by atoms with Gasteiger partial charge in [0.15, 0.2) is 0 Å². The predicted octanol–water partition coefficient (Wildman–Crippen LogP) is 4.22. The van der Waals surface area contributed by atoms with E-state index in [0.29, 0.717) is 69.8 Å². The van der Waals surface area contributed by atoms with E-state index < -0.39 is 40.6 Å². The first-order valence-electron chi connectivity index (χ1n) is 18.8. The lowest BCUT2D eigenvalue weighted by Crippen LogP contribution is -2.54. The number of ether oxygens (including phenoxy) is 1. The van der Waals surface area contributed by atoms with Crippen LogP contribution in [0.15, 0.2) is 66.7 Å². The van der Waals surface area contributed by atoms with Crippen LogP contribution in [-0.2, 0) is 31.7 Å². The molecule has 0 aromatic heterocycles. The summed E-state index contributed by atoms with van der Waals surface area (Å²) < 4.78 is 32.3. The number of methoxy groups -OCH3 is 1. The zero-order chi connectivity index (χ0) is 40.5. The molecule has 7 rings (SSSR count). The van der Waals surface area contributed by atoms with Crippen LogP contribution in [0.5, 0.6) is 5.75 Å². The quantitative estimate of drug-likeness (QED) is 0.100. The number of piperidine rings is 1. The zero-order valence-corrected chi connectivity index (χ0v) is 32.5. The van der Waals surface area contributed by atoms with E-state index in [-0.39, 0.29) is 54.7 Å². The number of benzene rings is 4. The Kier molecular flexibility index (Phi) is 11.0. The van der Waals surface area contributed by atoms with Crippen LogP contribution >= 0.6 is 0 Å². The normalized spacial score (nSPS) is 16.6. The van der Waals surface area contributed by atoms with Crippen LogP contribution in [0.2, 0.25) is 0 Å². The Bertz CT molecular complexity index is 2420. The van der Waals surface area contributed by atoms with Crippen LogP contribution < -0.4 is 29.9 Å². The number of rotatable bonds is 15. The van der Waals surface area contributed by atoms with Crippen molar-refractivity contribution in [2.45, 2.75) is 64.0 Å². The maximum atomic E-state index is 13.6. The molecule has 0 radical (unpaired) electrons. The highest BCUT2D eigenvalue weighted by molar-refractivity contribution is 7.74. The van der Waals surface area contributed by atoms with Gasteiger partial charge in [0, 0.05) is 48.9 Å². The van der Waals surface area contributed by atoms with Crippen LogP contribution in [0.4, 0.5) is 22.7 Å². The number of hydrogen-bond donors (Lipinski definition) is 4.